The summed E-state index contributed by atoms with van der Waals surface area (Å²) in [6.45, 7) is 2.88. The molecule has 0 aromatic rings. The van der Waals surface area contributed by atoms with E-state index in [1.54, 1.807) is 0 Å². The molecule has 0 aromatic heterocycles. The molecule has 1 fully saturated rings. The van der Waals surface area contributed by atoms with E-state index in [0.717, 1.165) is 25.8 Å². The van der Waals surface area contributed by atoms with Crippen molar-refractivity contribution in [2.24, 2.45) is 5.92 Å². The maximum atomic E-state index is 12.1. The fraction of sp³-hybridized carbons (Fsp3) is 0.929. The van der Waals surface area contributed by atoms with Crippen molar-refractivity contribution >= 4 is 15.8 Å². The minimum absolute atomic E-state index is 0.0345. The number of carbonyl (C=O) groups is 1. The Kier molecular flexibility index (Phi) is 7.51. The summed E-state index contributed by atoms with van der Waals surface area (Å²) in [5.74, 6) is -0.751. The average Bonchev–Trinajstić information content (AvgIpc) is 2.43. The molecule has 0 bridgehead atoms. The van der Waals surface area contributed by atoms with Crippen molar-refractivity contribution < 1.29 is 17.9 Å². The van der Waals surface area contributed by atoms with Gasteiger partial charge in [-0.1, -0.05) is 26.2 Å². The first kappa shape index (κ1) is 17.4. The second kappa shape index (κ2) is 8.62. The number of rotatable bonds is 8. The molecule has 5 nitrogen and oxygen atoms in total. The lowest BCUT2D eigenvalue weighted by atomic mass is 9.84. The molecule has 1 atom stereocenters. The highest BCUT2D eigenvalue weighted by atomic mass is 32.2. The molecule has 0 amide bonds. The zero-order chi connectivity index (χ0) is 15.0. The lowest BCUT2D eigenvalue weighted by Crippen LogP contribution is -2.44. The summed E-state index contributed by atoms with van der Waals surface area (Å²) in [5.41, 5.74) is 0. The summed E-state index contributed by atoms with van der Waals surface area (Å²) in [7, 11) is -2.19. The lowest BCUT2D eigenvalue weighted by Gasteiger charge is -2.30. The Morgan fingerprint density at radius 1 is 1.30 bits per heavy atom. The Labute approximate surface area is 122 Å². The van der Waals surface area contributed by atoms with Crippen LogP contribution in [0.2, 0.25) is 0 Å². The van der Waals surface area contributed by atoms with Crippen molar-refractivity contribution in [2.45, 2.75) is 51.5 Å². The summed E-state index contributed by atoms with van der Waals surface area (Å²) in [6, 6.07) is -0.0371. The van der Waals surface area contributed by atoms with Crippen LogP contribution in [0.25, 0.3) is 0 Å². The van der Waals surface area contributed by atoms with Gasteiger partial charge in [-0.3, -0.25) is 4.79 Å². The van der Waals surface area contributed by atoms with Crippen LogP contribution >= 0.6 is 0 Å². The van der Waals surface area contributed by atoms with Crippen molar-refractivity contribution in [3.8, 4) is 0 Å². The highest BCUT2D eigenvalue weighted by Crippen LogP contribution is 2.27. The van der Waals surface area contributed by atoms with E-state index in [4.69, 9.17) is 0 Å². The highest BCUT2D eigenvalue weighted by Gasteiger charge is 2.29. The first-order chi connectivity index (χ1) is 9.48. The van der Waals surface area contributed by atoms with Gasteiger partial charge in [0.25, 0.3) is 0 Å². The summed E-state index contributed by atoms with van der Waals surface area (Å²) >= 11 is 0. The van der Waals surface area contributed by atoms with Crippen LogP contribution in [0.15, 0.2) is 0 Å². The van der Waals surface area contributed by atoms with E-state index >= 15 is 0 Å². The standard InChI is InChI=1S/C14H27NO4S/c1-3-9-15-13(12-7-5-4-6-8-12)10-20(17,18)11-14(16)19-2/h12-13,15H,3-11H2,1-2H3. The largest absolute Gasteiger partial charge is 0.468 e. The van der Waals surface area contributed by atoms with E-state index in [2.05, 4.69) is 17.0 Å². The van der Waals surface area contributed by atoms with Crippen LogP contribution in [0.5, 0.6) is 0 Å². The molecule has 6 heteroatoms. The van der Waals surface area contributed by atoms with Gasteiger partial charge in [0.05, 0.1) is 12.9 Å². The number of hydrogen-bond donors (Lipinski definition) is 1. The Bertz CT molecular complexity index is 388. The molecule has 0 spiro atoms. The van der Waals surface area contributed by atoms with Crippen molar-refractivity contribution in [1.29, 1.82) is 0 Å². The van der Waals surface area contributed by atoms with Gasteiger partial charge >= 0.3 is 5.97 Å². The van der Waals surface area contributed by atoms with Crippen LogP contribution in [0.1, 0.15) is 45.4 Å². The molecule has 20 heavy (non-hydrogen) atoms. The van der Waals surface area contributed by atoms with Gasteiger partial charge in [-0.15, -0.1) is 0 Å². The van der Waals surface area contributed by atoms with E-state index < -0.39 is 21.6 Å². The molecular weight excluding hydrogens is 278 g/mol. The van der Waals surface area contributed by atoms with E-state index in [0.29, 0.717) is 5.92 Å². The van der Waals surface area contributed by atoms with E-state index in [-0.39, 0.29) is 11.8 Å². The van der Waals surface area contributed by atoms with Gasteiger partial charge in [-0.2, -0.15) is 0 Å². The summed E-state index contributed by atoms with van der Waals surface area (Å²) in [6.07, 6.45) is 6.72. The van der Waals surface area contributed by atoms with Gasteiger partial charge in [0.2, 0.25) is 0 Å². The van der Waals surface area contributed by atoms with E-state index in [9.17, 15) is 13.2 Å². The number of hydrogen-bond acceptors (Lipinski definition) is 5. The van der Waals surface area contributed by atoms with Crippen molar-refractivity contribution in [3.05, 3.63) is 0 Å². The number of nitrogens with one attached hydrogen (secondary N) is 1. The monoisotopic (exact) mass is 305 g/mol. The van der Waals surface area contributed by atoms with Crippen molar-refractivity contribution in [3.63, 3.8) is 0 Å². The summed E-state index contributed by atoms with van der Waals surface area (Å²) in [5, 5.41) is 3.36. The van der Waals surface area contributed by atoms with Gasteiger partial charge in [-0.05, 0) is 31.7 Å². The van der Waals surface area contributed by atoms with Gasteiger partial charge < -0.3 is 10.1 Å². The Balaban J connectivity index is 2.64. The second-order valence-electron chi connectivity index (χ2n) is 5.59. The summed E-state index contributed by atoms with van der Waals surface area (Å²) < 4.78 is 28.6. The quantitative estimate of drug-likeness (QED) is 0.688. The minimum atomic E-state index is -3.41. The molecule has 1 N–H and O–H groups in total. The molecule has 1 rings (SSSR count). The predicted octanol–water partition coefficient (Wildman–Crippen LogP) is 1.52. The average molecular weight is 305 g/mol. The fourth-order valence-electron chi connectivity index (χ4n) is 2.80. The van der Waals surface area contributed by atoms with Crippen LogP contribution in [0.4, 0.5) is 0 Å². The zero-order valence-electron chi connectivity index (χ0n) is 12.6. The smallest absolute Gasteiger partial charge is 0.320 e. The number of esters is 1. The van der Waals surface area contributed by atoms with E-state index in [1.165, 1.54) is 26.4 Å². The van der Waals surface area contributed by atoms with Crippen LogP contribution in [-0.4, -0.2) is 45.6 Å². The Morgan fingerprint density at radius 3 is 2.50 bits per heavy atom. The molecule has 118 valence electrons. The predicted molar refractivity (Wildman–Crippen MR) is 79.3 cm³/mol. The number of sulfone groups is 1. The topological polar surface area (TPSA) is 72.5 Å². The third kappa shape index (κ3) is 6.22. The summed E-state index contributed by atoms with van der Waals surface area (Å²) in [4.78, 5) is 11.2. The van der Waals surface area contributed by atoms with Gasteiger partial charge in [-0.25, -0.2) is 8.42 Å². The lowest BCUT2D eigenvalue weighted by molar-refractivity contribution is -0.137. The molecule has 1 unspecified atom stereocenters. The van der Waals surface area contributed by atoms with Gasteiger partial charge in [0.1, 0.15) is 5.75 Å². The molecular formula is C14H27NO4S. The second-order valence-corrected chi connectivity index (χ2v) is 7.70. The van der Waals surface area contributed by atoms with Gasteiger partial charge in [0, 0.05) is 6.04 Å². The number of carbonyl (C=O) groups excluding carboxylic acids is 1. The van der Waals surface area contributed by atoms with Crippen molar-refractivity contribution in [2.75, 3.05) is 25.2 Å². The molecule has 0 heterocycles. The highest BCUT2D eigenvalue weighted by molar-refractivity contribution is 7.92. The van der Waals surface area contributed by atoms with Crippen LogP contribution in [0.3, 0.4) is 0 Å². The van der Waals surface area contributed by atoms with Crippen LogP contribution < -0.4 is 5.32 Å². The first-order valence-electron chi connectivity index (χ1n) is 7.49. The minimum Gasteiger partial charge on any atom is -0.468 e. The Hall–Kier alpha value is -0.620. The first-order valence-corrected chi connectivity index (χ1v) is 9.31. The molecule has 1 aliphatic carbocycles. The molecule has 0 saturated heterocycles. The number of methoxy groups -OCH3 is 1. The maximum absolute atomic E-state index is 12.1. The zero-order valence-corrected chi connectivity index (χ0v) is 13.4. The molecule has 0 radical (unpaired) electrons. The molecule has 1 aliphatic rings. The van der Waals surface area contributed by atoms with Gasteiger partial charge in [0.15, 0.2) is 9.84 Å². The Morgan fingerprint density at radius 2 is 1.95 bits per heavy atom. The SMILES string of the molecule is CCCNC(CS(=O)(=O)CC(=O)OC)C1CCCCC1. The molecule has 0 aromatic carbocycles. The van der Waals surface area contributed by atoms with Crippen LogP contribution in [-0.2, 0) is 19.4 Å². The third-order valence-corrected chi connectivity index (χ3v) is 5.42. The maximum Gasteiger partial charge on any atom is 0.320 e. The normalized spacial score (nSPS) is 18.7. The fourth-order valence-corrected chi connectivity index (χ4v) is 4.33. The molecule has 1 saturated carbocycles. The van der Waals surface area contributed by atoms with Crippen molar-refractivity contribution in [1.82, 2.24) is 5.32 Å². The van der Waals surface area contributed by atoms with Crippen LogP contribution in [0, 0.1) is 5.92 Å². The number of ether oxygens (including phenoxy) is 1. The third-order valence-electron chi connectivity index (χ3n) is 3.87. The molecule has 0 aliphatic heterocycles. The van der Waals surface area contributed by atoms with E-state index in [1.807, 2.05) is 0 Å².